The van der Waals surface area contributed by atoms with Crippen LogP contribution in [0, 0.1) is 0 Å². The minimum Gasteiger partial charge on any atom is -0.451 e. The first-order valence-corrected chi connectivity index (χ1v) is 9.68. The Hall–Kier alpha value is -3.16. The van der Waals surface area contributed by atoms with Crippen LogP contribution in [-0.4, -0.2) is 56.1 Å². The van der Waals surface area contributed by atoms with Crippen LogP contribution in [0.4, 0.5) is 5.69 Å². The summed E-state index contributed by atoms with van der Waals surface area (Å²) >= 11 is 0. The molecule has 0 unspecified atom stereocenters. The van der Waals surface area contributed by atoms with Gasteiger partial charge in [0.1, 0.15) is 5.58 Å². The third-order valence-corrected chi connectivity index (χ3v) is 4.89. The molecule has 3 aromatic rings. The Morgan fingerprint density at radius 1 is 0.966 bits per heavy atom. The average molecular weight is 393 g/mol. The Morgan fingerprint density at radius 3 is 2.55 bits per heavy atom. The fourth-order valence-electron chi connectivity index (χ4n) is 3.32. The van der Waals surface area contributed by atoms with Crippen LogP contribution >= 0.6 is 0 Å². The average Bonchev–Trinajstić information content (AvgIpc) is 3.19. The summed E-state index contributed by atoms with van der Waals surface area (Å²) in [6, 6.07) is 16.1. The molecule has 29 heavy (non-hydrogen) atoms. The summed E-state index contributed by atoms with van der Waals surface area (Å²) < 4.78 is 10.9. The molecule has 1 fully saturated rings. The van der Waals surface area contributed by atoms with Crippen molar-refractivity contribution in [2.75, 3.05) is 44.7 Å². The van der Waals surface area contributed by atoms with Crippen LogP contribution in [-0.2, 0) is 4.74 Å². The molecule has 0 spiro atoms. The molecule has 0 radical (unpaired) electrons. The number of carbonyl (C=O) groups excluding carboxylic acids is 2. The monoisotopic (exact) mass is 393 g/mol. The van der Waals surface area contributed by atoms with E-state index in [0.29, 0.717) is 23.4 Å². The Bertz CT molecular complexity index is 975. The van der Waals surface area contributed by atoms with Gasteiger partial charge in [-0.05, 0) is 24.3 Å². The van der Waals surface area contributed by atoms with Crippen molar-refractivity contribution >= 4 is 28.5 Å². The Kier molecular flexibility index (Phi) is 5.88. The molecule has 2 N–H and O–H groups in total. The molecule has 1 aromatic heterocycles. The van der Waals surface area contributed by atoms with Gasteiger partial charge in [0.05, 0.1) is 24.5 Å². The van der Waals surface area contributed by atoms with Gasteiger partial charge in [-0.15, -0.1) is 0 Å². The zero-order valence-corrected chi connectivity index (χ0v) is 16.0. The number of furan rings is 1. The lowest BCUT2D eigenvalue weighted by molar-refractivity contribution is 0.0383. The number of nitrogens with one attached hydrogen (secondary N) is 2. The lowest BCUT2D eigenvalue weighted by Crippen LogP contribution is -2.41. The van der Waals surface area contributed by atoms with Crippen molar-refractivity contribution in [1.82, 2.24) is 10.2 Å². The van der Waals surface area contributed by atoms with Crippen molar-refractivity contribution in [3.8, 4) is 0 Å². The van der Waals surface area contributed by atoms with Crippen LogP contribution in [0.5, 0.6) is 0 Å². The van der Waals surface area contributed by atoms with E-state index in [2.05, 4.69) is 15.5 Å². The standard InChI is InChI=1S/C22H23N3O4/c26-21(23-9-10-25-11-13-28-14-12-25)17-6-2-3-7-18(17)24-22(27)20-15-16-5-1-4-8-19(16)29-20/h1-8,15H,9-14H2,(H,23,26)(H,24,27). The molecule has 7 nitrogen and oxygen atoms in total. The Labute approximate surface area is 168 Å². The highest BCUT2D eigenvalue weighted by Crippen LogP contribution is 2.21. The quantitative estimate of drug-likeness (QED) is 0.673. The van der Waals surface area contributed by atoms with E-state index in [-0.39, 0.29) is 11.7 Å². The van der Waals surface area contributed by atoms with Gasteiger partial charge in [0.2, 0.25) is 0 Å². The van der Waals surface area contributed by atoms with Crippen molar-refractivity contribution in [3.63, 3.8) is 0 Å². The molecule has 0 saturated carbocycles. The SMILES string of the molecule is O=C(Nc1ccccc1C(=O)NCCN1CCOCC1)c1cc2ccccc2o1. The van der Waals surface area contributed by atoms with Crippen LogP contribution in [0.15, 0.2) is 59.0 Å². The normalized spacial score (nSPS) is 14.6. The summed E-state index contributed by atoms with van der Waals surface area (Å²) in [5, 5.41) is 6.57. The molecule has 2 amide bonds. The van der Waals surface area contributed by atoms with Gasteiger partial charge in [-0.1, -0.05) is 30.3 Å². The molecule has 0 atom stereocenters. The molecule has 1 aliphatic heterocycles. The third kappa shape index (κ3) is 4.64. The fraction of sp³-hybridized carbons (Fsp3) is 0.273. The van der Waals surface area contributed by atoms with Crippen molar-refractivity contribution in [3.05, 3.63) is 65.9 Å². The Balaban J connectivity index is 1.40. The molecule has 4 rings (SSSR count). The highest BCUT2D eigenvalue weighted by molar-refractivity contribution is 6.09. The van der Waals surface area contributed by atoms with Gasteiger partial charge < -0.3 is 19.8 Å². The number of fused-ring (bicyclic) bond motifs is 1. The van der Waals surface area contributed by atoms with Crippen LogP contribution in [0.2, 0.25) is 0 Å². The van der Waals surface area contributed by atoms with Crippen LogP contribution < -0.4 is 10.6 Å². The number of morpholine rings is 1. The van der Waals surface area contributed by atoms with Gasteiger partial charge >= 0.3 is 0 Å². The second kappa shape index (κ2) is 8.89. The van der Waals surface area contributed by atoms with E-state index in [0.717, 1.165) is 38.2 Å². The lowest BCUT2D eigenvalue weighted by atomic mass is 10.1. The molecule has 7 heteroatoms. The number of carbonyl (C=O) groups is 2. The second-order valence-electron chi connectivity index (χ2n) is 6.86. The molecular formula is C22H23N3O4. The number of hydrogen-bond donors (Lipinski definition) is 2. The van der Waals surface area contributed by atoms with E-state index < -0.39 is 5.91 Å². The largest absolute Gasteiger partial charge is 0.451 e. The summed E-state index contributed by atoms with van der Waals surface area (Å²) in [5.74, 6) is -0.415. The smallest absolute Gasteiger partial charge is 0.291 e. The topological polar surface area (TPSA) is 83.8 Å². The first-order chi connectivity index (χ1) is 14.2. The van der Waals surface area contributed by atoms with E-state index in [4.69, 9.17) is 9.15 Å². The third-order valence-electron chi connectivity index (χ3n) is 4.89. The van der Waals surface area contributed by atoms with E-state index >= 15 is 0 Å². The molecular weight excluding hydrogens is 370 g/mol. The summed E-state index contributed by atoms with van der Waals surface area (Å²) in [4.78, 5) is 27.5. The van der Waals surface area contributed by atoms with E-state index in [1.54, 1.807) is 30.3 Å². The van der Waals surface area contributed by atoms with Crippen molar-refractivity contribution in [2.45, 2.75) is 0 Å². The first-order valence-electron chi connectivity index (χ1n) is 9.68. The van der Waals surface area contributed by atoms with E-state index in [9.17, 15) is 9.59 Å². The van der Waals surface area contributed by atoms with Gasteiger partial charge in [-0.3, -0.25) is 14.5 Å². The highest BCUT2D eigenvalue weighted by Gasteiger charge is 2.17. The zero-order chi connectivity index (χ0) is 20.1. The molecule has 2 heterocycles. The van der Waals surface area contributed by atoms with Crippen LogP contribution in [0.3, 0.4) is 0 Å². The Morgan fingerprint density at radius 2 is 1.72 bits per heavy atom. The molecule has 150 valence electrons. The summed E-state index contributed by atoms with van der Waals surface area (Å²) in [6.45, 7) is 4.50. The minimum atomic E-state index is -0.394. The van der Waals surface area contributed by atoms with Gasteiger partial charge in [-0.2, -0.15) is 0 Å². The van der Waals surface area contributed by atoms with Crippen molar-refractivity contribution in [2.24, 2.45) is 0 Å². The molecule has 1 saturated heterocycles. The van der Waals surface area contributed by atoms with Gasteiger partial charge in [-0.25, -0.2) is 0 Å². The highest BCUT2D eigenvalue weighted by atomic mass is 16.5. The van der Waals surface area contributed by atoms with E-state index in [1.165, 1.54) is 0 Å². The van der Waals surface area contributed by atoms with Gasteiger partial charge in [0.15, 0.2) is 5.76 Å². The number of hydrogen-bond acceptors (Lipinski definition) is 5. The number of nitrogens with zero attached hydrogens (tertiary/aromatic N) is 1. The maximum Gasteiger partial charge on any atom is 0.291 e. The maximum absolute atomic E-state index is 12.6. The van der Waals surface area contributed by atoms with Crippen LogP contribution in [0.1, 0.15) is 20.9 Å². The summed E-state index contributed by atoms with van der Waals surface area (Å²) in [7, 11) is 0. The first kappa shape index (κ1) is 19.2. The van der Waals surface area contributed by atoms with E-state index in [1.807, 2.05) is 24.3 Å². The van der Waals surface area contributed by atoms with Gasteiger partial charge in [0, 0.05) is 31.6 Å². The summed E-state index contributed by atoms with van der Waals surface area (Å²) in [5.41, 5.74) is 1.51. The molecule has 0 bridgehead atoms. The fourth-order valence-corrected chi connectivity index (χ4v) is 3.32. The van der Waals surface area contributed by atoms with Crippen LogP contribution in [0.25, 0.3) is 11.0 Å². The molecule has 0 aliphatic carbocycles. The number of para-hydroxylation sites is 2. The second-order valence-corrected chi connectivity index (χ2v) is 6.86. The maximum atomic E-state index is 12.6. The number of ether oxygens (including phenoxy) is 1. The van der Waals surface area contributed by atoms with Crippen molar-refractivity contribution in [1.29, 1.82) is 0 Å². The number of anilines is 1. The minimum absolute atomic E-state index is 0.203. The summed E-state index contributed by atoms with van der Waals surface area (Å²) in [6.07, 6.45) is 0. The van der Waals surface area contributed by atoms with Crippen molar-refractivity contribution < 1.29 is 18.7 Å². The zero-order valence-electron chi connectivity index (χ0n) is 16.0. The number of benzene rings is 2. The number of amides is 2. The predicted octanol–water partition coefficient (Wildman–Crippen LogP) is 2.75. The lowest BCUT2D eigenvalue weighted by Gasteiger charge is -2.26. The predicted molar refractivity (Wildman–Crippen MR) is 110 cm³/mol. The molecule has 1 aliphatic rings. The number of rotatable bonds is 6. The molecule has 2 aromatic carbocycles. The van der Waals surface area contributed by atoms with Gasteiger partial charge in [0.25, 0.3) is 11.8 Å².